The Kier molecular flexibility index (Phi) is 7.38. The summed E-state index contributed by atoms with van der Waals surface area (Å²) in [7, 11) is 1.65. The van der Waals surface area contributed by atoms with E-state index in [0.29, 0.717) is 19.6 Å². The van der Waals surface area contributed by atoms with Crippen molar-refractivity contribution in [2.75, 3.05) is 20.3 Å². The molecule has 0 aromatic heterocycles. The molecule has 1 atom stereocenters. The Balaban J connectivity index is 2.78. The number of hydrogen-bond donors (Lipinski definition) is 1. The molecule has 1 aromatic rings. The molecule has 0 saturated carbocycles. The van der Waals surface area contributed by atoms with E-state index < -0.39 is 6.29 Å². The molecular formula is C14H22BrNO3. The van der Waals surface area contributed by atoms with Crippen LogP contribution >= 0.6 is 15.9 Å². The molecule has 2 N–H and O–H groups in total. The monoisotopic (exact) mass is 331 g/mol. The maximum atomic E-state index is 6.17. The van der Waals surface area contributed by atoms with Gasteiger partial charge in [-0.3, -0.25) is 0 Å². The van der Waals surface area contributed by atoms with Crippen molar-refractivity contribution >= 4 is 15.9 Å². The fourth-order valence-electron chi connectivity index (χ4n) is 1.88. The standard InChI is InChI=1S/C14H22BrNO3/c1-4-18-14(19-5-2)12(16)9-10-8-11(15)6-7-13(10)17-3/h6-8,12,14H,4-5,9,16H2,1-3H3. The first-order chi connectivity index (χ1) is 9.12. The Labute approximate surface area is 123 Å². The zero-order valence-electron chi connectivity index (χ0n) is 11.7. The second-order valence-corrected chi connectivity index (χ2v) is 5.02. The third-order valence-electron chi connectivity index (χ3n) is 2.71. The first-order valence-corrected chi connectivity index (χ1v) is 7.22. The number of methoxy groups -OCH3 is 1. The van der Waals surface area contributed by atoms with Crippen molar-refractivity contribution in [3.05, 3.63) is 28.2 Å². The molecule has 0 amide bonds. The molecule has 0 fully saturated rings. The van der Waals surface area contributed by atoms with Crippen LogP contribution in [0.15, 0.2) is 22.7 Å². The largest absolute Gasteiger partial charge is 0.496 e. The number of rotatable bonds is 8. The van der Waals surface area contributed by atoms with Crippen LogP contribution in [0.25, 0.3) is 0 Å². The summed E-state index contributed by atoms with van der Waals surface area (Å²) in [5, 5.41) is 0. The second-order valence-electron chi connectivity index (χ2n) is 4.10. The minimum absolute atomic E-state index is 0.233. The van der Waals surface area contributed by atoms with Gasteiger partial charge < -0.3 is 19.9 Å². The Bertz CT molecular complexity index is 381. The number of benzene rings is 1. The van der Waals surface area contributed by atoms with Crippen LogP contribution in [0.4, 0.5) is 0 Å². The summed E-state index contributed by atoms with van der Waals surface area (Å²) in [5.74, 6) is 0.824. The van der Waals surface area contributed by atoms with Gasteiger partial charge in [-0.25, -0.2) is 0 Å². The lowest BCUT2D eigenvalue weighted by Gasteiger charge is -2.24. The molecule has 0 heterocycles. The summed E-state index contributed by atoms with van der Waals surface area (Å²) in [4.78, 5) is 0. The maximum Gasteiger partial charge on any atom is 0.172 e. The number of ether oxygens (including phenoxy) is 3. The Hall–Kier alpha value is -0.620. The predicted molar refractivity (Wildman–Crippen MR) is 79.4 cm³/mol. The summed E-state index contributed by atoms with van der Waals surface area (Å²) >= 11 is 3.46. The van der Waals surface area contributed by atoms with Crippen LogP contribution in [-0.2, 0) is 15.9 Å². The topological polar surface area (TPSA) is 53.7 Å². The van der Waals surface area contributed by atoms with E-state index >= 15 is 0 Å². The van der Waals surface area contributed by atoms with Crippen LogP contribution in [0.2, 0.25) is 0 Å². The lowest BCUT2D eigenvalue weighted by molar-refractivity contribution is -0.148. The van der Waals surface area contributed by atoms with Gasteiger partial charge in [0.25, 0.3) is 0 Å². The van der Waals surface area contributed by atoms with Crippen LogP contribution in [0.5, 0.6) is 5.75 Å². The Morgan fingerprint density at radius 1 is 1.21 bits per heavy atom. The molecule has 19 heavy (non-hydrogen) atoms. The first kappa shape index (κ1) is 16.4. The molecule has 0 aliphatic carbocycles. The van der Waals surface area contributed by atoms with Crippen LogP contribution in [0.3, 0.4) is 0 Å². The molecule has 108 valence electrons. The second kappa shape index (κ2) is 8.53. The van der Waals surface area contributed by atoms with Crippen LogP contribution in [-0.4, -0.2) is 32.7 Å². The lowest BCUT2D eigenvalue weighted by atomic mass is 10.1. The van der Waals surface area contributed by atoms with Gasteiger partial charge in [0.05, 0.1) is 13.2 Å². The van der Waals surface area contributed by atoms with Gasteiger partial charge in [-0.15, -0.1) is 0 Å². The number of hydrogen-bond acceptors (Lipinski definition) is 4. The normalized spacial score (nSPS) is 12.7. The third kappa shape index (κ3) is 5.10. The molecule has 4 nitrogen and oxygen atoms in total. The summed E-state index contributed by atoms with van der Waals surface area (Å²) < 4.78 is 17.4. The quantitative estimate of drug-likeness (QED) is 0.744. The van der Waals surface area contributed by atoms with Gasteiger partial charge in [0.1, 0.15) is 5.75 Å². The number of halogens is 1. The van der Waals surface area contributed by atoms with Gasteiger partial charge in [0, 0.05) is 17.7 Å². The van der Waals surface area contributed by atoms with Gasteiger partial charge >= 0.3 is 0 Å². The summed E-state index contributed by atoms with van der Waals surface area (Å²) in [6.45, 7) is 5.01. The molecule has 1 rings (SSSR count). The van der Waals surface area contributed by atoms with E-state index in [1.54, 1.807) is 7.11 Å². The van der Waals surface area contributed by atoms with Crippen molar-refractivity contribution in [2.24, 2.45) is 5.73 Å². The maximum absolute atomic E-state index is 6.17. The van der Waals surface area contributed by atoms with E-state index in [1.165, 1.54) is 0 Å². The first-order valence-electron chi connectivity index (χ1n) is 6.43. The number of nitrogens with two attached hydrogens (primary N) is 1. The summed E-state index contributed by atoms with van der Waals surface area (Å²) in [6, 6.07) is 5.63. The summed E-state index contributed by atoms with van der Waals surface area (Å²) in [6.07, 6.45) is 0.242. The highest BCUT2D eigenvalue weighted by Crippen LogP contribution is 2.24. The third-order valence-corrected chi connectivity index (χ3v) is 3.20. The lowest BCUT2D eigenvalue weighted by Crippen LogP contribution is -2.40. The average Bonchev–Trinajstić information content (AvgIpc) is 2.38. The van der Waals surface area contributed by atoms with Crippen LogP contribution in [0, 0.1) is 0 Å². The smallest absolute Gasteiger partial charge is 0.172 e. The van der Waals surface area contributed by atoms with Crippen molar-refractivity contribution in [2.45, 2.75) is 32.6 Å². The fraction of sp³-hybridized carbons (Fsp3) is 0.571. The zero-order valence-corrected chi connectivity index (χ0v) is 13.3. The average molecular weight is 332 g/mol. The molecule has 0 radical (unpaired) electrons. The molecule has 0 bridgehead atoms. The Morgan fingerprint density at radius 2 is 1.84 bits per heavy atom. The van der Waals surface area contributed by atoms with E-state index in [2.05, 4.69) is 15.9 Å². The molecule has 5 heteroatoms. The molecule has 0 aliphatic rings. The van der Waals surface area contributed by atoms with Gasteiger partial charge in [-0.2, -0.15) is 0 Å². The van der Waals surface area contributed by atoms with Gasteiger partial charge in [0.15, 0.2) is 6.29 Å². The highest BCUT2D eigenvalue weighted by molar-refractivity contribution is 9.10. The molecule has 1 aromatic carbocycles. The van der Waals surface area contributed by atoms with E-state index in [1.807, 2.05) is 32.0 Å². The van der Waals surface area contributed by atoms with Gasteiger partial charge in [-0.05, 0) is 44.0 Å². The molecule has 0 saturated heterocycles. The molecule has 0 aliphatic heterocycles. The molecular weight excluding hydrogens is 310 g/mol. The molecule has 0 spiro atoms. The highest BCUT2D eigenvalue weighted by Gasteiger charge is 2.20. The fourth-order valence-corrected chi connectivity index (χ4v) is 2.29. The summed E-state index contributed by atoms with van der Waals surface area (Å²) in [5.41, 5.74) is 7.21. The SMILES string of the molecule is CCOC(OCC)C(N)Cc1cc(Br)ccc1OC. The van der Waals surface area contributed by atoms with Crippen molar-refractivity contribution in [1.82, 2.24) is 0 Å². The zero-order chi connectivity index (χ0) is 14.3. The highest BCUT2D eigenvalue weighted by atomic mass is 79.9. The van der Waals surface area contributed by atoms with Crippen molar-refractivity contribution < 1.29 is 14.2 Å². The van der Waals surface area contributed by atoms with Crippen molar-refractivity contribution in [1.29, 1.82) is 0 Å². The van der Waals surface area contributed by atoms with E-state index in [-0.39, 0.29) is 6.04 Å². The van der Waals surface area contributed by atoms with E-state index in [4.69, 9.17) is 19.9 Å². The van der Waals surface area contributed by atoms with Crippen LogP contribution < -0.4 is 10.5 Å². The van der Waals surface area contributed by atoms with Crippen molar-refractivity contribution in [3.8, 4) is 5.75 Å². The Morgan fingerprint density at radius 3 is 2.37 bits per heavy atom. The van der Waals surface area contributed by atoms with E-state index in [9.17, 15) is 0 Å². The van der Waals surface area contributed by atoms with Crippen LogP contribution in [0.1, 0.15) is 19.4 Å². The van der Waals surface area contributed by atoms with Gasteiger partial charge in [-0.1, -0.05) is 15.9 Å². The van der Waals surface area contributed by atoms with Crippen molar-refractivity contribution in [3.63, 3.8) is 0 Å². The minimum Gasteiger partial charge on any atom is -0.496 e. The molecule has 1 unspecified atom stereocenters. The van der Waals surface area contributed by atoms with Gasteiger partial charge in [0.2, 0.25) is 0 Å². The minimum atomic E-state index is -0.390. The predicted octanol–water partition coefficient (Wildman–Crippen LogP) is 2.73. The van der Waals surface area contributed by atoms with E-state index in [0.717, 1.165) is 15.8 Å².